The van der Waals surface area contributed by atoms with Crippen molar-refractivity contribution < 1.29 is 42.8 Å². The lowest BCUT2D eigenvalue weighted by atomic mass is 9.98. The third kappa shape index (κ3) is 10.1. The highest BCUT2D eigenvalue weighted by Gasteiger charge is 2.56. The first kappa shape index (κ1) is 43.5. The Hall–Kier alpha value is -6.14. The average molecular weight is 863 g/mol. The number of esters is 1. The second kappa shape index (κ2) is 18.3. The van der Waals surface area contributed by atoms with Crippen LogP contribution in [0.5, 0.6) is 0 Å². The number of aromatic nitrogens is 4. The summed E-state index contributed by atoms with van der Waals surface area (Å²) in [4.78, 5) is 55.0. The molecule has 5 aromatic rings. The van der Waals surface area contributed by atoms with Crippen LogP contribution >= 0.6 is 0 Å². The Kier molecular flexibility index (Phi) is 12.6. The first-order valence-corrected chi connectivity index (χ1v) is 21.2. The molecule has 2 aliphatic heterocycles. The maximum atomic E-state index is 13.7. The SMILES string of the molecule is CC(C)(C)OC(=O)N[C@@H](CCN(CCNC(=O)OCC1c2ccccc2-c2ccccc21)C[C@H]1O[C@@H](n2cnc3c(N)ncnc32)[C@@H]2OC(C)(C)O[C@@H]21)C(=O)OCc1ccccc1. The lowest BCUT2D eigenvalue weighted by molar-refractivity contribution is -0.198. The van der Waals surface area contributed by atoms with Crippen LogP contribution in [0.3, 0.4) is 0 Å². The highest BCUT2D eigenvalue weighted by Crippen LogP contribution is 2.45. The Morgan fingerprint density at radius 3 is 2.27 bits per heavy atom. The molecule has 0 unspecified atom stereocenters. The molecular formula is C46H54N8O9. The molecular weight excluding hydrogens is 809 g/mol. The number of rotatable bonds is 15. The number of nitrogens with two attached hydrogens (primary N) is 1. The van der Waals surface area contributed by atoms with Gasteiger partial charge < -0.3 is 44.8 Å². The standard InChI is InChI=1S/C46H54N8O9/c1-45(2,3)63-44(57)52-34(42(55)58-24-28-13-7-6-8-14-28)19-21-53(22-20-48-43(56)59-25-33-31-17-11-9-15-29(31)30-16-10-12-18-32(30)33)23-35-37-38(62-46(4,5)61-37)41(60-35)54-27-51-36-39(47)49-26-50-40(36)54/h6-18,26-27,33-35,37-38,41H,19-25H2,1-5H3,(H,48,56)(H,52,57)(H2,47,49,50)/t34-,35+,37+,38+,41+/m0/s1. The third-order valence-corrected chi connectivity index (χ3v) is 11.2. The molecule has 4 heterocycles. The van der Waals surface area contributed by atoms with Crippen molar-refractivity contribution in [1.29, 1.82) is 0 Å². The third-order valence-electron chi connectivity index (χ3n) is 11.2. The number of hydrogen-bond acceptors (Lipinski definition) is 14. The average Bonchev–Trinajstić information content (AvgIpc) is 3.99. The first-order valence-electron chi connectivity index (χ1n) is 21.2. The topological polar surface area (TPSA) is 204 Å². The summed E-state index contributed by atoms with van der Waals surface area (Å²) in [5.74, 6) is -1.41. The fraction of sp³-hybridized carbons (Fsp3) is 0.435. The number of amides is 2. The van der Waals surface area contributed by atoms with Gasteiger partial charge >= 0.3 is 18.2 Å². The van der Waals surface area contributed by atoms with Gasteiger partial charge in [0.25, 0.3) is 0 Å². The highest BCUT2D eigenvalue weighted by atomic mass is 16.8. The molecule has 63 heavy (non-hydrogen) atoms. The van der Waals surface area contributed by atoms with Crippen LogP contribution in [0.4, 0.5) is 15.4 Å². The molecule has 8 rings (SSSR count). The largest absolute Gasteiger partial charge is 0.459 e. The van der Waals surface area contributed by atoms with E-state index in [-0.39, 0.29) is 51.0 Å². The van der Waals surface area contributed by atoms with Gasteiger partial charge in [-0.15, -0.1) is 0 Å². The van der Waals surface area contributed by atoms with E-state index in [2.05, 4.69) is 49.9 Å². The Bertz CT molecular complexity index is 2380. The van der Waals surface area contributed by atoms with Crippen molar-refractivity contribution in [1.82, 2.24) is 35.1 Å². The Labute approximate surface area is 365 Å². The number of carbonyl (C=O) groups excluding carboxylic acids is 3. The first-order chi connectivity index (χ1) is 30.2. The molecule has 332 valence electrons. The lowest BCUT2D eigenvalue weighted by Gasteiger charge is -2.30. The van der Waals surface area contributed by atoms with E-state index in [1.54, 1.807) is 31.7 Å². The van der Waals surface area contributed by atoms with Crippen molar-refractivity contribution in [2.45, 2.75) is 95.5 Å². The smallest absolute Gasteiger partial charge is 0.408 e. The molecule has 5 atom stereocenters. The number of anilines is 1. The van der Waals surface area contributed by atoms with Crippen molar-refractivity contribution in [3.05, 3.63) is 108 Å². The fourth-order valence-corrected chi connectivity index (χ4v) is 8.44. The summed E-state index contributed by atoms with van der Waals surface area (Å²) in [6, 6.07) is 24.5. The Morgan fingerprint density at radius 1 is 0.873 bits per heavy atom. The van der Waals surface area contributed by atoms with Gasteiger partial charge in [-0.1, -0.05) is 78.9 Å². The quantitative estimate of drug-likeness (QED) is 0.0855. The minimum atomic E-state index is -1.07. The van der Waals surface area contributed by atoms with E-state index >= 15 is 0 Å². The number of alkyl carbamates (subject to hydrolysis) is 2. The number of benzene rings is 3. The van der Waals surface area contributed by atoms with Gasteiger partial charge in [0.2, 0.25) is 0 Å². The zero-order chi connectivity index (χ0) is 44.3. The minimum absolute atomic E-state index is 0.0208. The number of nitrogens with one attached hydrogen (secondary N) is 2. The second-order valence-corrected chi connectivity index (χ2v) is 17.3. The Morgan fingerprint density at radius 2 is 1.56 bits per heavy atom. The van der Waals surface area contributed by atoms with Gasteiger partial charge in [-0.25, -0.2) is 29.3 Å². The van der Waals surface area contributed by atoms with E-state index < -0.39 is 60.1 Å². The highest BCUT2D eigenvalue weighted by molar-refractivity contribution is 5.82. The molecule has 17 nitrogen and oxygen atoms in total. The van der Waals surface area contributed by atoms with E-state index in [9.17, 15) is 14.4 Å². The summed E-state index contributed by atoms with van der Waals surface area (Å²) in [6.07, 6.45) is -0.538. The lowest BCUT2D eigenvalue weighted by Crippen LogP contribution is -2.48. The number of imidazole rings is 1. The number of fused-ring (bicyclic) bond motifs is 5. The fourth-order valence-electron chi connectivity index (χ4n) is 8.44. The molecule has 3 aliphatic rings. The number of hydrogen-bond donors (Lipinski definition) is 3. The molecule has 2 fully saturated rings. The number of nitrogen functional groups attached to an aromatic ring is 1. The number of carbonyl (C=O) groups is 3. The van der Waals surface area contributed by atoms with Gasteiger partial charge in [0, 0.05) is 32.1 Å². The molecule has 1 aliphatic carbocycles. The molecule has 4 N–H and O–H groups in total. The van der Waals surface area contributed by atoms with Crippen molar-refractivity contribution in [2.24, 2.45) is 0 Å². The predicted octanol–water partition coefficient (Wildman–Crippen LogP) is 5.69. The van der Waals surface area contributed by atoms with Crippen molar-refractivity contribution in [3.8, 4) is 11.1 Å². The van der Waals surface area contributed by atoms with Gasteiger partial charge in [0.05, 0.1) is 6.33 Å². The maximum Gasteiger partial charge on any atom is 0.408 e. The molecule has 2 saturated heterocycles. The molecule has 0 spiro atoms. The van der Waals surface area contributed by atoms with Gasteiger partial charge in [-0.05, 0) is 68.9 Å². The van der Waals surface area contributed by atoms with Crippen molar-refractivity contribution in [3.63, 3.8) is 0 Å². The molecule has 2 amide bonds. The monoisotopic (exact) mass is 862 g/mol. The molecule has 2 aromatic heterocycles. The van der Waals surface area contributed by atoms with Crippen molar-refractivity contribution >= 4 is 35.1 Å². The van der Waals surface area contributed by atoms with Crippen LogP contribution in [0.2, 0.25) is 0 Å². The molecule has 0 saturated carbocycles. The Balaban J connectivity index is 0.984. The molecule has 0 bridgehead atoms. The van der Waals surface area contributed by atoms with Crippen LogP contribution < -0.4 is 16.4 Å². The minimum Gasteiger partial charge on any atom is -0.459 e. The van der Waals surface area contributed by atoms with Crippen LogP contribution in [0.15, 0.2) is 91.5 Å². The molecule has 0 radical (unpaired) electrons. The normalized spacial score (nSPS) is 20.5. The zero-order valence-corrected chi connectivity index (χ0v) is 36.1. The van der Waals surface area contributed by atoms with Crippen LogP contribution in [0.25, 0.3) is 22.3 Å². The number of ether oxygens (including phenoxy) is 6. The molecule has 17 heteroatoms. The van der Waals surface area contributed by atoms with E-state index in [0.717, 1.165) is 27.8 Å². The second-order valence-electron chi connectivity index (χ2n) is 17.3. The molecule has 3 aromatic carbocycles. The summed E-state index contributed by atoms with van der Waals surface area (Å²) < 4.78 is 38.4. The summed E-state index contributed by atoms with van der Waals surface area (Å²) in [5, 5.41) is 5.64. The number of nitrogens with zero attached hydrogens (tertiary/aromatic N) is 5. The predicted molar refractivity (Wildman–Crippen MR) is 231 cm³/mol. The van der Waals surface area contributed by atoms with E-state index in [1.165, 1.54) is 6.33 Å². The van der Waals surface area contributed by atoms with E-state index in [1.807, 2.05) is 73.3 Å². The summed E-state index contributed by atoms with van der Waals surface area (Å²) in [7, 11) is 0. The van der Waals surface area contributed by atoms with E-state index in [4.69, 9.17) is 34.2 Å². The van der Waals surface area contributed by atoms with Gasteiger partial charge in [0.1, 0.15) is 55.0 Å². The van der Waals surface area contributed by atoms with Gasteiger partial charge in [-0.2, -0.15) is 0 Å². The zero-order valence-electron chi connectivity index (χ0n) is 36.1. The van der Waals surface area contributed by atoms with E-state index in [0.29, 0.717) is 17.7 Å². The maximum absolute atomic E-state index is 13.7. The van der Waals surface area contributed by atoms with Crippen LogP contribution in [0, 0.1) is 0 Å². The van der Waals surface area contributed by atoms with Gasteiger partial charge in [-0.3, -0.25) is 9.47 Å². The summed E-state index contributed by atoms with van der Waals surface area (Å²) in [5.41, 5.74) is 11.5. The van der Waals surface area contributed by atoms with Gasteiger partial charge in [0.15, 0.2) is 23.5 Å². The van der Waals surface area contributed by atoms with Crippen LogP contribution in [-0.4, -0.2) is 111 Å². The van der Waals surface area contributed by atoms with Crippen LogP contribution in [-0.2, 0) is 39.8 Å². The summed E-state index contributed by atoms with van der Waals surface area (Å²) in [6.45, 7) is 10.1. The van der Waals surface area contributed by atoms with Crippen molar-refractivity contribution in [2.75, 3.05) is 38.5 Å². The summed E-state index contributed by atoms with van der Waals surface area (Å²) >= 11 is 0. The van der Waals surface area contributed by atoms with Crippen LogP contribution in [0.1, 0.15) is 69.9 Å².